The van der Waals surface area contributed by atoms with Crippen molar-refractivity contribution in [1.82, 2.24) is 9.97 Å². The highest BCUT2D eigenvalue weighted by atomic mass is 79.9. The highest BCUT2D eigenvalue weighted by Gasteiger charge is 2.17. The van der Waals surface area contributed by atoms with Gasteiger partial charge in [-0.05, 0) is 47.5 Å². The zero-order valence-electron chi connectivity index (χ0n) is 13.5. The van der Waals surface area contributed by atoms with Gasteiger partial charge in [-0.3, -0.25) is 0 Å². The summed E-state index contributed by atoms with van der Waals surface area (Å²) in [5, 5.41) is 3.42. The van der Waals surface area contributed by atoms with Crippen LogP contribution in [0, 0.1) is 5.92 Å². The van der Waals surface area contributed by atoms with Crippen LogP contribution in [0.1, 0.15) is 71.3 Å². The highest BCUT2D eigenvalue weighted by molar-refractivity contribution is 9.10. The first-order chi connectivity index (χ1) is 9.53. The number of rotatable bonds is 8. The molecule has 0 saturated carbocycles. The number of nitrogens with zero attached hydrogens (tertiary/aromatic N) is 2. The summed E-state index contributed by atoms with van der Waals surface area (Å²) in [5.41, 5.74) is 1.13. The van der Waals surface area contributed by atoms with Crippen molar-refractivity contribution in [1.29, 1.82) is 0 Å². The van der Waals surface area contributed by atoms with Gasteiger partial charge in [0.2, 0.25) is 0 Å². The van der Waals surface area contributed by atoms with Crippen molar-refractivity contribution < 1.29 is 0 Å². The molecule has 1 rings (SSSR count). The molecule has 0 atom stereocenters. The Labute approximate surface area is 132 Å². The largest absolute Gasteiger partial charge is 0.369 e. The second-order valence-electron chi connectivity index (χ2n) is 5.73. The van der Waals surface area contributed by atoms with Gasteiger partial charge >= 0.3 is 0 Å². The Morgan fingerprint density at radius 1 is 1.10 bits per heavy atom. The summed E-state index contributed by atoms with van der Waals surface area (Å²) < 4.78 is 1.04. The van der Waals surface area contributed by atoms with E-state index < -0.39 is 0 Å². The molecule has 0 aliphatic carbocycles. The molecule has 4 heteroatoms. The van der Waals surface area contributed by atoms with E-state index in [1.54, 1.807) is 0 Å². The lowest BCUT2D eigenvalue weighted by molar-refractivity contribution is 0.582. The zero-order valence-corrected chi connectivity index (χ0v) is 15.0. The molecule has 20 heavy (non-hydrogen) atoms. The predicted octanol–water partition coefficient (Wildman–Crippen LogP) is 5.16. The van der Waals surface area contributed by atoms with Crippen molar-refractivity contribution in [3.63, 3.8) is 0 Å². The summed E-state index contributed by atoms with van der Waals surface area (Å²) in [6.07, 6.45) is 4.26. The maximum Gasteiger partial charge on any atom is 0.144 e. The van der Waals surface area contributed by atoms with Gasteiger partial charge in [-0.2, -0.15) is 0 Å². The lowest BCUT2D eigenvalue weighted by atomic mass is 10.0. The highest BCUT2D eigenvalue weighted by Crippen LogP contribution is 2.29. The van der Waals surface area contributed by atoms with Gasteiger partial charge in [0.25, 0.3) is 0 Å². The molecule has 0 amide bonds. The summed E-state index contributed by atoms with van der Waals surface area (Å²) >= 11 is 3.68. The van der Waals surface area contributed by atoms with E-state index in [1.165, 1.54) is 0 Å². The van der Waals surface area contributed by atoms with Crippen molar-refractivity contribution in [2.45, 2.75) is 66.2 Å². The monoisotopic (exact) mass is 341 g/mol. The van der Waals surface area contributed by atoms with Gasteiger partial charge in [0, 0.05) is 12.5 Å². The van der Waals surface area contributed by atoms with Crippen molar-refractivity contribution in [2.75, 3.05) is 11.9 Å². The lowest BCUT2D eigenvalue weighted by Crippen LogP contribution is -2.12. The van der Waals surface area contributed by atoms with E-state index in [9.17, 15) is 0 Å². The Morgan fingerprint density at radius 2 is 1.75 bits per heavy atom. The van der Waals surface area contributed by atoms with E-state index in [0.29, 0.717) is 11.8 Å². The molecule has 0 aromatic carbocycles. The number of anilines is 1. The fraction of sp³-hybridized carbons (Fsp3) is 0.750. The summed E-state index contributed by atoms with van der Waals surface area (Å²) in [4.78, 5) is 9.58. The molecule has 114 valence electrons. The van der Waals surface area contributed by atoms with Crippen LogP contribution in [0.5, 0.6) is 0 Å². The van der Waals surface area contributed by atoms with Crippen LogP contribution in [0.25, 0.3) is 0 Å². The molecule has 0 fully saturated rings. The zero-order chi connectivity index (χ0) is 15.1. The van der Waals surface area contributed by atoms with E-state index in [1.807, 2.05) is 0 Å². The van der Waals surface area contributed by atoms with Crippen LogP contribution in [0.2, 0.25) is 0 Å². The first-order valence-corrected chi connectivity index (χ1v) is 8.62. The van der Waals surface area contributed by atoms with Crippen LogP contribution < -0.4 is 5.32 Å². The molecule has 1 N–H and O–H groups in total. The summed E-state index contributed by atoms with van der Waals surface area (Å²) in [5.74, 6) is 3.00. The van der Waals surface area contributed by atoms with E-state index in [4.69, 9.17) is 9.97 Å². The average Bonchev–Trinajstić information content (AvgIpc) is 2.41. The minimum absolute atomic E-state index is 0.455. The van der Waals surface area contributed by atoms with Gasteiger partial charge < -0.3 is 5.32 Å². The van der Waals surface area contributed by atoms with Crippen LogP contribution in [-0.2, 0) is 6.42 Å². The van der Waals surface area contributed by atoms with Crippen LogP contribution in [-0.4, -0.2) is 16.5 Å². The topological polar surface area (TPSA) is 37.8 Å². The Balaban J connectivity index is 3.17. The predicted molar refractivity (Wildman–Crippen MR) is 90.4 cm³/mol. The Kier molecular flexibility index (Phi) is 7.49. The molecule has 0 bridgehead atoms. The first-order valence-electron chi connectivity index (χ1n) is 7.83. The van der Waals surface area contributed by atoms with Crippen molar-refractivity contribution >= 4 is 21.7 Å². The molecule has 1 aromatic rings. The molecule has 1 heterocycles. The van der Waals surface area contributed by atoms with Crippen LogP contribution in [0.15, 0.2) is 4.47 Å². The third kappa shape index (κ3) is 4.72. The van der Waals surface area contributed by atoms with Crippen molar-refractivity contribution in [3.8, 4) is 0 Å². The molecular formula is C16H28BrN3. The SMILES string of the molecule is CCCNc1nc(C(CC)CC)nc(CC(C)C)c1Br. The maximum absolute atomic E-state index is 4.83. The van der Waals surface area contributed by atoms with Crippen LogP contribution in [0.3, 0.4) is 0 Å². The Morgan fingerprint density at radius 3 is 2.25 bits per heavy atom. The molecule has 3 nitrogen and oxygen atoms in total. The first kappa shape index (κ1) is 17.4. The van der Waals surface area contributed by atoms with Crippen LogP contribution in [0.4, 0.5) is 5.82 Å². The van der Waals surface area contributed by atoms with E-state index in [0.717, 1.165) is 54.0 Å². The number of hydrogen-bond acceptors (Lipinski definition) is 3. The molecule has 0 aliphatic heterocycles. The number of hydrogen-bond donors (Lipinski definition) is 1. The van der Waals surface area contributed by atoms with E-state index >= 15 is 0 Å². The molecule has 1 aromatic heterocycles. The second-order valence-corrected chi connectivity index (χ2v) is 6.52. The number of aromatic nitrogens is 2. The average molecular weight is 342 g/mol. The molecule has 0 spiro atoms. The quantitative estimate of drug-likeness (QED) is 0.709. The fourth-order valence-electron chi connectivity index (χ4n) is 2.23. The lowest BCUT2D eigenvalue weighted by Gasteiger charge is -2.17. The maximum atomic E-state index is 4.83. The minimum Gasteiger partial charge on any atom is -0.369 e. The van der Waals surface area contributed by atoms with Gasteiger partial charge in [0.15, 0.2) is 0 Å². The van der Waals surface area contributed by atoms with Gasteiger partial charge in [-0.15, -0.1) is 0 Å². The number of halogens is 1. The smallest absolute Gasteiger partial charge is 0.144 e. The standard InChI is InChI=1S/C16H28BrN3/c1-6-9-18-16-14(17)13(10-11(4)5)19-15(20-16)12(7-2)8-3/h11-12H,6-10H2,1-5H3,(H,18,19,20). The minimum atomic E-state index is 0.455. The van der Waals surface area contributed by atoms with Gasteiger partial charge in [0.1, 0.15) is 11.6 Å². The fourth-order valence-corrected chi connectivity index (χ4v) is 2.71. The number of nitrogens with one attached hydrogen (secondary N) is 1. The van der Waals surface area contributed by atoms with E-state index in [2.05, 4.69) is 55.9 Å². The third-order valence-corrected chi connectivity index (χ3v) is 4.27. The normalized spacial score (nSPS) is 11.4. The summed E-state index contributed by atoms with van der Waals surface area (Å²) in [6.45, 7) is 12.0. The van der Waals surface area contributed by atoms with Crippen molar-refractivity contribution in [2.24, 2.45) is 5.92 Å². The Bertz CT molecular complexity index is 414. The van der Waals surface area contributed by atoms with E-state index in [-0.39, 0.29) is 0 Å². The Hall–Kier alpha value is -0.640. The van der Waals surface area contributed by atoms with Gasteiger partial charge in [-0.25, -0.2) is 9.97 Å². The van der Waals surface area contributed by atoms with Gasteiger partial charge in [0.05, 0.1) is 10.2 Å². The van der Waals surface area contributed by atoms with Crippen molar-refractivity contribution in [3.05, 3.63) is 16.0 Å². The summed E-state index contributed by atoms with van der Waals surface area (Å²) in [7, 11) is 0. The van der Waals surface area contributed by atoms with Crippen LogP contribution >= 0.6 is 15.9 Å². The third-order valence-electron chi connectivity index (χ3n) is 3.43. The molecule has 0 radical (unpaired) electrons. The molecular weight excluding hydrogens is 314 g/mol. The van der Waals surface area contributed by atoms with Gasteiger partial charge in [-0.1, -0.05) is 34.6 Å². The summed E-state index contributed by atoms with van der Waals surface area (Å²) in [6, 6.07) is 0. The molecule has 0 saturated heterocycles. The molecule has 0 aliphatic rings. The molecule has 0 unspecified atom stereocenters. The second kappa shape index (κ2) is 8.60.